The normalized spacial score (nSPS) is 15.1. The SMILES string of the molecule is O=C(NCC1=CCNCC1)c1ccc(Br)cc1F. The van der Waals surface area contributed by atoms with Crippen molar-refractivity contribution in [1.82, 2.24) is 10.6 Å². The van der Waals surface area contributed by atoms with Crippen molar-refractivity contribution in [2.24, 2.45) is 0 Å². The van der Waals surface area contributed by atoms with Crippen LogP contribution in [-0.4, -0.2) is 25.5 Å². The fourth-order valence-corrected chi connectivity index (χ4v) is 2.13. The van der Waals surface area contributed by atoms with Crippen LogP contribution in [0, 0.1) is 5.82 Å². The second-order valence-electron chi connectivity index (χ2n) is 4.12. The summed E-state index contributed by atoms with van der Waals surface area (Å²) in [5, 5.41) is 5.93. The summed E-state index contributed by atoms with van der Waals surface area (Å²) in [6.07, 6.45) is 2.98. The molecule has 1 aliphatic heterocycles. The molecule has 5 heteroatoms. The Morgan fingerprint density at radius 3 is 3.00 bits per heavy atom. The third kappa shape index (κ3) is 3.40. The van der Waals surface area contributed by atoms with Gasteiger partial charge in [0.1, 0.15) is 5.82 Å². The standard InChI is InChI=1S/C13H14BrFN2O/c14-10-1-2-11(12(15)7-10)13(18)17-8-9-3-5-16-6-4-9/h1-3,7,16H,4-6,8H2,(H,17,18). The van der Waals surface area contributed by atoms with Crippen LogP contribution in [0.2, 0.25) is 0 Å². The first-order valence-electron chi connectivity index (χ1n) is 5.78. The Morgan fingerprint density at radius 2 is 2.33 bits per heavy atom. The third-order valence-corrected chi connectivity index (χ3v) is 3.30. The maximum absolute atomic E-state index is 13.6. The number of halogens is 2. The Morgan fingerprint density at radius 1 is 1.50 bits per heavy atom. The molecule has 0 spiro atoms. The molecule has 0 saturated carbocycles. The molecule has 0 aliphatic carbocycles. The number of carbonyl (C=O) groups is 1. The average Bonchev–Trinajstić information content (AvgIpc) is 2.37. The highest BCUT2D eigenvalue weighted by molar-refractivity contribution is 9.10. The van der Waals surface area contributed by atoms with Crippen LogP contribution in [0.15, 0.2) is 34.3 Å². The van der Waals surface area contributed by atoms with E-state index in [4.69, 9.17) is 0 Å². The van der Waals surface area contributed by atoms with Crippen LogP contribution >= 0.6 is 15.9 Å². The summed E-state index contributed by atoms with van der Waals surface area (Å²) in [5.74, 6) is -0.888. The van der Waals surface area contributed by atoms with E-state index < -0.39 is 5.82 Å². The highest BCUT2D eigenvalue weighted by Crippen LogP contribution is 2.15. The van der Waals surface area contributed by atoms with Gasteiger partial charge < -0.3 is 10.6 Å². The molecular formula is C13H14BrFN2O. The summed E-state index contributed by atoms with van der Waals surface area (Å²) in [7, 11) is 0. The minimum absolute atomic E-state index is 0.0766. The molecule has 0 unspecified atom stereocenters. The first kappa shape index (κ1) is 13.2. The molecule has 1 aromatic rings. The summed E-state index contributed by atoms with van der Waals surface area (Å²) in [4.78, 5) is 11.8. The van der Waals surface area contributed by atoms with E-state index in [0.717, 1.165) is 19.5 Å². The van der Waals surface area contributed by atoms with E-state index in [9.17, 15) is 9.18 Å². The van der Waals surface area contributed by atoms with Crippen LogP contribution in [0.5, 0.6) is 0 Å². The Kier molecular flexibility index (Phi) is 4.49. The Balaban J connectivity index is 1.97. The number of rotatable bonds is 3. The second-order valence-corrected chi connectivity index (χ2v) is 5.04. The summed E-state index contributed by atoms with van der Waals surface area (Å²) in [6.45, 7) is 2.24. The van der Waals surface area contributed by atoms with Crippen LogP contribution in [-0.2, 0) is 0 Å². The molecule has 2 N–H and O–H groups in total. The Labute approximate surface area is 114 Å². The minimum Gasteiger partial charge on any atom is -0.348 e. The van der Waals surface area contributed by atoms with Gasteiger partial charge >= 0.3 is 0 Å². The molecule has 0 saturated heterocycles. The van der Waals surface area contributed by atoms with Crippen molar-refractivity contribution in [2.45, 2.75) is 6.42 Å². The van der Waals surface area contributed by atoms with Crippen molar-refractivity contribution in [3.63, 3.8) is 0 Å². The molecule has 1 aromatic carbocycles. The van der Waals surface area contributed by atoms with Crippen molar-refractivity contribution < 1.29 is 9.18 Å². The predicted molar refractivity (Wildman–Crippen MR) is 72.0 cm³/mol. The van der Waals surface area contributed by atoms with E-state index >= 15 is 0 Å². The van der Waals surface area contributed by atoms with Crippen molar-refractivity contribution >= 4 is 21.8 Å². The number of hydrogen-bond donors (Lipinski definition) is 2. The number of amides is 1. The fourth-order valence-electron chi connectivity index (χ4n) is 1.79. The molecule has 1 amide bonds. The average molecular weight is 313 g/mol. The van der Waals surface area contributed by atoms with Gasteiger partial charge in [-0.3, -0.25) is 4.79 Å². The lowest BCUT2D eigenvalue weighted by Crippen LogP contribution is -2.30. The molecule has 0 atom stereocenters. The van der Waals surface area contributed by atoms with Crippen molar-refractivity contribution in [1.29, 1.82) is 0 Å². The highest BCUT2D eigenvalue weighted by Gasteiger charge is 2.12. The van der Waals surface area contributed by atoms with Gasteiger partial charge in [-0.25, -0.2) is 4.39 Å². The minimum atomic E-state index is -0.513. The lowest BCUT2D eigenvalue weighted by Gasteiger charge is -2.14. The van der Waals surface area contributed by atoms with Crippen molar-refractivity contribution in [2.75, 3.05) is 19.6 Å². The molecular weight excluding hydrogens is 299 g/mol. The van der Waals surface area contributed by atoms with Crippen LogP contribution in [0.3, 0.4) is 0 Å². The number of carbonyl (C=O) groups excluding carboxylic acids is 1. The third-order valence-electron chi connectivity index (χ3n) is 2.81. The van der Waals surface area contributed by atoms with E-state index in [1.165, 1.54) is 17.7 Å². The van der Waals surface area contributed by atoms with Gasteiger partial charge in [-0.1, -0.05) is 27.6 Å². The summed E-state index contributed by atoms with van der Waals surface area (Å²) >= 11 is 3.16. The van der Waals surface area contributed by atoms with Gasteiger partial charge in [0.25, 0.3) is 5.91 Å². The van der Waals surface area contributed by atoms with E-state index in [0.29, 0.717) is 11.0 Å². The predicted octanol–water partition coefficient (Wildman–Crippen LogP) is 2.24. The fraction of sp³-hybridized carbons (Fsp3) is 0.308. The van der Waals surface area contributed by atoms with Gasteiger partial charge in [-0.2, -0.15) is 0 Å². The maximum atomic E-state index is 13.6. The van der Waals surface area contributed by atoms with Gasteiger partial charge in [0.05, 0.1) is 5.56 Å². The molecule has 1 aliphatic rings. The van der Waals surface area contributed by atoms with Crippen LogP contribution in [0.25, 0.3) is 0 Å². The van der Waals surface area contributed by atoms with Gasteiger partial charge in [-0.05, 0) is 31.2 Å². The maximum Gasteiger partial charge on any atom is 0.254 e. The molecule has 96 valence electrons. The monoisotopic (exact) mass is 312 g/mol. The first-order valence-corrected chi connectivity index (χ1v) is 6.58. The molecule has 0 fully saturated rings. The van der Waals surface area contributed by atoms with Crippen molar-refractivity contribution in [3.8, 4) is 0 Å². The van der Waals surface area contributed by atoms with Crippen LogP contribution in [0.4, 0.5) is 4.39 Å². The van der Waals surface area contributed by atoms with E-state index in [2.05, 4.69) is 32.6 Å². The molecule has 0 aromatic heterocycles. The van der Waals surface area contributed by atoms with E-state index in [1.807, 2.05) is 0 Å². The number of hydrogen-bond acceptors (Lipinski definition) is 2. The van der Waals surface area contributed by atoms with E-state index in [-0.39, 0.29) is 11.5 Å². The van der Waals surface area contributed by atoms with Crippen LogP contribution < -0.4 is 10.6 Å². The van der Waals surface area contributed by atoms with Gasteiger partial charge in [-0.15, -0.1) is 0 Å². The zero-order chi connectivity index (χ0) is 13.0. The molecule has 1 heterocycles. The molecule has 18 heavy (non-hydrogen) atoms. The quantitative estimate of drug-likeness (QED) is 0.840. The lowest BCUT2D eigenvalue weighted by atomic mass is 10.1. The summed E-state index contributed by atoms with van der Waals surface area (Å²) in [6, 6.07) is 4.42. The number of benzene rings is 1. The zero-order valence-electron chi connectivity index (χ0n) is 9.80. The first-order chi connectivity index (χ1) is 8.66. The van der Waals surface area contributed by atoms with E-state index in [1.54, 1.807) is 6.07 Å². The summed E-state index contributed by atoms with van der Waals surface area (Å²) < 4.78 is 14.2. The topological polar surface area (TPSA) is 41.1 Å². The Hall–Kier alpha value is -1.20. The highest BCUT2D eigenvalue weighted by atomic mass is 79.9. The zero-order valence-corrected chi connectivity index (χ0v) is 11.4. The largest absolute Gasteiger partial charge is 0.348 e. The smallest absolute Gasteiger partial charge is 0.254 e. The van der Waals surface area contributed by atoms with Crippen molar-refractivity contribution in [3.05, 3.63) is 45.7 Å². The molecule has 0 radical (unpaired) electrons. The molecule has 2 rings (SSSR count). The second kappa shape index (κ2) is 6.11. The molecule has 0 bridgehead atoms. The van der Waals surface area contributed by atoms with Gasteiger partial charge in [0.15, 0.2) is 0 Å². The molecule has 3 nitrogen and oxygen atoms in total. The Bertz CT molecular complexity index is 488. The van der Waals surface area contributed by atoms with Gasteiger partial charge in [0, 0.05) is 17.6 Å². The van der Waals surface area contributed by atoms with Crippen LogP contribution in [0.1, 0.15) is 16.8 Å². The summed E-state index contributed by atoms with van der Waals surface area (Å²) in [5.41, 5.74) is 1.26. The van der Waals surface area contributed by atoms with Gasteiger partial charge in [0.2, 0.25) is 0 Å². The lowest BCUT2D eigenvalue weighted by molar-refractivity contribution is 0.0952. The number of nitrogens with one attached hydrogen (secondary N) is 2.